The normalized spacial score (nSPS) is 14.7. The molecule has 0 aliphatic heterocycles. The van der Waals surface area contributed by atoms with Gasteiger partial charge in [-0.1, -0.05) is 49.2 Å². The van der Waals surface area contributed by atoms with Crippen LogP contribution in [-0.4, -0.2) is 15.9 Å². The number of hydrogen-bond acceptors (Lipinski definition) is 4. The van der Waals surface area contributed by atoms with Gasteiger partial charge in [-0.2, -0.15) is 5.26 Å². The van der Waals surface area contributed by atoms with Crippen molar-refractivity contribution in [2.75, 3.05) is 0 Å². The molecule has 28 heavy (non-hydrogen) atoms. The van der Waals surface area contributed by atoms with Gasteiger partial charge in [-0.15, -0.1) is 0 Å². The van der Waals surface area contributed by atoms with Crippen LogP contribution in [0.5, 0.6) is 5.88 Å². The molecule has 0 bridgehead atoms. The van der Waals surface area contributed by atoms with Crippen molar-refractivity contribution in [2.24, 2.45) is 4.99 Å². The number of hydrogen-bond donors (Lipinski definition) is 1. The minimum absolute atomic E-state index is 0.0649. The molecule has 1 aromatic heterocycles. The van der Waals surface area contributed by atoms with E-state index < -0.39 is 5.56 Å². The molecule has 1 saturated carbocycles. The predicted octanol–water partition coefficient (Wildman–Crippen LogP) is 4.75. The van der Waals surface area contributed by atoms with E-state index in [2.05, 4.69) is 4.99 Å². The van der Waals surface area contributed by atoms with E-state index in [1.54, 1.807) is 13.1 Å². The van der Waals surface area contributed by atoms with Gasteiger partial charge in [-0.05, 0) is 36.8 Å². The van der Waals surface area contributed by atoms with Crippen LogP contribution < -0.4 is 5.56 Å². The fourth-order valence-corrected chi connectivity index (χ4v) is 4.05. The molecule has 0 spiro atoms. The molecule has 1 aliphatic rings. The number of nitriles is 1. The van der Waals surface area contributed by atoms with E-state index in [0.717, 1.165) is 42.1 Å². The van der Waals surface area contributed by atoms with Gasteiger partial charge in [0.2, 0.25) is 5.88 Å². The smallest absolute Gasteiger partial charge is 0.271 e. The third kappa shape index (κ3) is 2.97. The maximum absolute atomic E-state index is 12.8. The van der Waals surface area contributed by atoms with Gasteiger partial charge in [-0.3, -0.25) is 14.4 Å². The summed E-state index contributed by atoms with van der Waals surface area (Å²) >= 11 is 0. The van der Waals surface area contributed by atoms with E-state index in [4.69, 9.17) is 0 Å². The van der Waals surface area contributed by atoms with Crippen molar-refractivity contribution >= 4 is 22.7 Å². The Hall–Kier alpha value is -3.39. The second kappa shape index (κ2) is 7.32. The Morgan fingerprint density at radius 2 is 1.89 bits per heavy atom. The van der Waals surface area contributed by atoms with E-state index in [9.17, 15) is 15.2 Å². The molecule has 140 valence electrons. The first-order chi connectivity index (χ1) is 13.6. The summed E-state index contributed by atoms with van der Waals surface area (Å²) in [5.41, 5.74) is 1.32. The standard InChI is InChI=1S/C23H21N3O2/c1-15-19(13-24)22(27)26(17-9-3-4-10-17)23(28)20(15)14-25-21-12-6-8-16-7-2-5-11-18(16)21/h2,5-8,11-12,14,17,28H,3-4,9-10H2,1H3. The van der Waals surface area contributed by atoms with Crippen molar-refractivity contribution in [1.29, 1.82) is 5.26 Å². The molecule has 0 unspecified atom stereocenters. The number of pyridine rings is 1. The molecule has 5 nitrogen and oxygen atoms in total. The number of aromatic hydroxyl groups is 1. The van der Waals surface area contributed by atoms with Crippen LogP contribution in [0.2, 0.25) is 0 Å². The molecule has 0 atom stereocenters. The monoisotopic (exact) mass is 371 g/mol. The van der Waals surface area contributed by atoms with Crippen LogP contribution in [0.3, 0.4) is 0 Å². The highest BCUT2D eigenvalue weighted by molar-refractivity contribution is 5.96. The molecule has 2 aromatic carbocycles. The van der Waals surface area contributed by atoms with Crippen molar-refractivity contribution in [1.82, 2.24) is 4.57 Å². The molecule has 0 radical (unpaired) electrons. The summed E-state index contributed by atoms with van der Waals surface area (Å²) in [5.74, 6) is -0.0996. The van der Waals surface area contributed by atoms with Gasteiger partial charge in [0.15, 0.2) is 0 Å². The van der Waals surface area contributed by atoms with Gasteiger partial charge in [0.1, 0.15) is 11.6 Å². The number of aromatic nitrogens is 1. The zero-order valence-electron chi connectivity index (χ0n) is 15.7. The van der Waals surface area contributed by atoms with Crippen LogP contribution in [0.15, 0.2) is 52.3 Å². The van der Waals surface area contributed by atoms with Crippen molar-refractivity contribution < 1.29 is 5.11 Å². The maximum Gasteiger partial charge on any atom is 0.271 e. The van der Waals surface area contributed by atoms with Gasteiger partial charge in [0, 0.05) is 17.6 Å². The average molecular weight is 371 g/mol. The molecule has 1 N–H and O–H groups in total. The number of rotatable bonds is 3. The highest BCUT2D eigenvalue weighted by atomic mass is 16.3. The Labute approximate surface area is 163 Å². The van der Waals surface area contributed by atoms with Gasteiger partial charge < -0.3 is 5.11 Å². The van der Waals surface area contributed by atoms with Gasteiger partial charge >= 0.3 is 0 Å². The van der Waals surface area contributed by atoms with E-state index in [1.165, 1.54) is 4.57 Å². The van der Waals surface area contributed by atoms with Crippen LogP contribution in [0, 0.1) is 18.3 Å². The Morgan fingerprint density at radius 1 is 1.18 bits per heavy atom. The summed E-state index contributed by atoms with van der Waals surface area (Å²) in [6, 6.07) is 15.8. The quantitative estimate of drug-likeness (QED) is 0.675. The van der Waals surface area contributed by atoms with Crippen molar-refractivity contribution in [3.63, 3.8) is 0 Å². The zero-order valence-corrected chi connectivity index (χ0v) is 15.7. The summed E-state index contributed by atoms with van der Waals surface area (Å²) in [6.07, 6.45) is 5.28. The molecular formula is C23H21N3O2. The van der Waals surface area contributed by atoms with Crippen LogP contribution >= 0.6 is 0 Å². The van der Waals surface area contributed by atoms with E-state index in [-0.39, 0.29) is 17.5 Å². The minimum Gasteiger partial charge on any atom is -0.494 e. The SMILES string of the molecule is Cc1c(C=Nc2cccc3ccccc23)c(O)n(C2CCCC2)c(=O)c1C#N. The van der Waals surface area contributed by atoms with E-state index >= 15 is 0 Å². The number of nitrogens with zero attached hydrogens (tertiary/aromatic N) is 3. The third-order valence-corrected chi connectivity index (χ3v) is 5.58. The summed E-state index contributed by atoms with van der Waals surface area (Å²) in [4.78, 5) is 17.4. The Morgan fingerprint density at radius 3 is 2.64 bits per heavy atom. The molecule has 3 aromatic rings. The topological polar surface area (TPSA) is 78.4 Å². The maximum atomic E-state index is 12.8. The third-order valence-electron chi connectivity index (χ3n) is 5.58. The lowest BCUT2D eigenvalue weighted by atomic mass is 10.0. The first kappa shape index (κ1) is 18.0. The lowest BCUT2D eigenvalue weighted by Gasteiger charge is -2.19. The first-order valence-electron chi connectivity index (χ1n) is 9.52. The predicted molar refractivity (Wildman–Crippen MR) is 111 cm³/mol. The molecular weight excluding hydrogens is 350 g/mol. The Kier molecular flexibility index (Phi) is 4.70. The lowest BCUT2D eigenvalue weighted by Crippen LogP contribution is -2.28. The second-order valence-electron chi connectivity index (χ2n) is 7.22. The molecule has 1 aliphatic carbocycles. The average Bonchev–Trinajstić information content (AvgIpc) is 3.22. The van der Waals surface area contributed by atoms with Crippen LogP contribution in [0.25, 0.3) is 10.8 Å². The van der Waals surface area contributed by atoms with Crippen LogP contribution in [0.1, 0.15) is 48.4 Å². The molecule has 5 heteroatoms. The number of fused-ring (bicyclic) bond motifs is 1. The molecule has 1 heterocycles. The summed E-state index contributed by atoms with van der Waals surface area (Å²) in [6.45, 7) is 1.68. The Bertz CT molecular complexity index is 1170. The summed E-state index contributed by atoms with van der Waals surface area (Å²) < 4.78 is 1.39. The first-order valence-corrected chi connectivity index (χ1v) is 9.52. The summed E-state index contributed by atoms with van der Waals surface area (Å²) in [5, 5.41) is 22.5. The molecule has 1 fully saturated rings. The fraction of sp³-hybridized carbons (Fsp3) is 0.261. The zero-order chi connectivity index (χ0) is 19.7. The highest BCUT2D eigenvalue weighted by Crippen LogP contribution is 2.33. The minimum atomic E-state index is -0.410. The van der Waals surface area contributed by atoms with E-state index in [0.29, 0.717) is 11.1 Å². The molecule has 0 amide bonds. The lowest BCUT2D eigenvalue weighted by molar-refractivity contribution is 0.368. The summed E-state index contributed by atoms with van der Waals surface area (Å²) in [7, 11) is 0. The van der Waals surface area contributed by atoms with Crippen molar-refractivity contribution in [3.8, 4) is 11.9 Å². The Balaban J connectivity index is 1.87. The van der Waals surface area contributed by atoms with Crippen LogP contribution in [0.4, 0.5) is 5.69 Å². The van der Waals surface area contributed by atoms with Crippen LogP contribution in [-0.2, 0) is 0 Å². The van der Waals surface area contributed by atoms with Gasteiger partial charge in [0.05, 0.1) is 11.3 Å². The number of aliphatic imine (C=N–C) groups is 1. The van der Waals surface area contributed by atoms with E-state index in [1.807, 2.05) is 48.5 Å². The van der Waals surface area contributed by atoms with Crippen molar-refractivity contribution in [2.45, 2.75) is 38.6 Å². The molecule has 4 rings (SSSR count). The van der Waals surface area contributed by atoms with Crippen molar-refractivity contribution in [3.05, 3.63) is 69.5 Å². The second-order valence-corrected chi connectivity index (χ2v) is 7.22. The largest absolute Gasteiger partial charge is 0.494 e. The molecule has 0 saturated heterocycles. The van der Waals surface area contributed by atoms with Gasteiger partial charge in [-0.25, -0.2) is 0 Å². The highest BCUT2D eigenvalue weighted by Gasteiger charge is 2.25. The fourth-order valence-electron chi connectivity index (χ4n) is 4.05. The van der Waals surface area contributed by atoms with Gasteiger partial charge in [0.25, 0.3) is 5.56 Å². The number of benzene rings is 2.